The first kappa shape index (κ1) is 11.8. The van der Waals surface area contributed by atoms with Crippen LogP contribution in [0.15, 0.2) is 24.8 Å². The van der Waals surface area contributed by atoms with Crippen molar-refractivity contribution in [2.75, 3.05) is 24.7 Å². The van der Waals surface area contributed by atoms with Crippen LogP contribution in [0.4, 0.5) is 11.4 Å². The van der Waals surface area contributed by atoms with Crippen LogP contribution in [-0.4, -0.2) is 33.1 Å². The molecule has 0 unspecified atom stereocenters. The van der Waals surface area contributed by atoms with E-state index in [1.807, 2.05) is 0 Å². The Morgan fingerprint density at radius 1 is 0.722 bits per heavy atom. The Morgan fingerprint density at radius 2 is 1.06 bits per heavy atom. The second kappa shape index (κ2) is 5.62. The van der Waals surface area contributed by atoms with Crippen molar-refractivity contribution in [2.45, 2.75) is 0 Å². The summed E-state index contributed by atoms with van der Waals surface area (Å²) in [7, 11) is 0. The van der Waals surface area contributed by atoms with Crippen molar-refractivity contribution in [3.8, 4) is 12.0 Å². The zero-order valence-corrected chi connectivity index (χ0v) is 9.48. The highest BCUT2D eigenvalue weighted by Gasteiger charge is 1.99. The summed E-state index contributed by atoms with van der Waals surface area (Å²) >= 11 is 0. The Labute approximate surface area is 103 Å². The van der Waals surface area contributed by atoms with Crippen LogP contribution in [-0.2, 0) is 0 Å². The number of rotatable bonds is 5. The molecule has 2 aromatic heterocycles. The Kier molecular flexibility index (Phi) is 3.69. The van der Waals surface area contributed by atoms with Gasteiger partial charge in [0, 0.05) is 0 Å². The lowest BCUT2D eigenvalue weighted by Gasteiger charge is -2.05. The zero-order chi connectivity index (χ0) is 12.8. The monoisotopic (exact) mass is 248 g/mol. The van der Waals surface area contributed by atoms with Gasteiger partial charge in [0.1, 0.15) is 13.2 Å². The van der Waals surface area contributed by atoms with Crippen LogP contribution >= 0.6 is 0 Å². The Hall–Kier alpha value is -2.64. The fourth-order valence-corrected chi connectivity index (χ4v) is 1.07. The second-order valence-corrected chi connectivity index (χ2v) is 3.29. The normalized spacial score (nSPS) is 10.0. The smallest absolute Gasteiger partial charge is 0.316 e. The van der Waals surface area contributed by atoms with Crippen LogP contribution in [0.5, 0.6) is 12.0 Å². The maximum atomic E-state index is 5.44. The number of hydrogen-bond donors (Lipinski definition) is 2. The first-order valence-electron chi connectivity index (χ1n) is 5.14. The van der Waals surface area contributed by atoms with Crippen molar-refractivity contribution in [1.29, 1.82) is 0 Å². The quantitative estimate of drug-likeness (QED) is 0.702. The van der Waals surface area contributed by atoms with Gasteiger partial charge in [-0.25, -0.2) is 19.9 Å². The zero-order valence-electron chi connectivity index (χ0n) is 9.48. The minimum Gasteiger partial charge on any atom is -0.460 e. The lowest BCUT2D eigenvalue weighted by Crippen LogP contribution is -2.12. The van der Waals surface area contributed by atoms with Gasteiger partial charge in [0.05, 0.1) is 36.2 Å². The highest BCUT2D eigenvalue weighted by atomic mass is 16.5. The van der Waals surface area contributed by atoms with Crippen molar-refractivity contribution in [3.05, 3.63) is 24.8 Å². The van der Waals surface area contributed by atoms with E-state index in [1.54, 1.807) is 0 Å². The van der Waals surface area contributed by atoms with Crippen molar-refractivity contribution >= 4 is 11.4 Å². The number of hydrogen-bond acceptors (Lipinski definition) is 8. The molecule has 94 valence electrons. The van der Waals surface area contributed by atoms with E-state index < -0.39 is 0 Å². The Balaban J connectivity index is 1.73. The maximum absolute atomic E-state index is 5.44. The van der Waals surface area contributed by atoms with Crippen molar-refractivity contribution in [2.24, 2.45) is 0 Å². The van der Waals surface area contributed by atoms with Crippen LogP contribution in [0.3, 0.4) is 0 Å². The highest BCUT2D eigenvalue weighted by Crippen LogP contribution is 2.04. The van der Waals surface area contributed by atoms with E-state index in [0.717, 1.165) is 0 Å². The van der Waals surface area contributed by atoms with E-state index in [-0.39, 0.29) is 25.2 Å². The average Bonchev–Trinajstić information content (AvgIpc) is 2.39. The van der Waals surface area contributed by atoms with Gasteiger partial charge in [0.15, 0.2) is 0 Å². The molecular formula is C10H12N6O2. The van der Waals surface area contributed by atoms with Gasteiger partial charge in [-0.1, -0.05) is 0 Å². The van der Waals surface area contributed by atoms with Gasteiger partial charge in [-0.05, 0) is 0 Å². The van der Waals surface area contributed by atoms with Gasteiger partial charge >= 0.3 is 12.0 Å². The van der Waals surface area contributed by atoms with Crippen molar-refractivity contribution in [3.63, 3.8) is 0 Å². The first-order valence-corrected chi connectivity index (χ1v) is 5.14. The van der Waals surface area contributed by atoms with E-state index in [1.165, 1.54) is 24.8 Å². The number of nitrogens with zero attached hydrogens (tertiary/aromatic N) is 4. The summed E-state index contributed by atoms with van der Waals surface area (Å²) in [6, 6.07) is 0.483. The summed E-state index contributed by atoms with van der Waals surface area (Å²) in [5.74, 6) is 0. The summed E-state index contributed by atoms with van der Waals surface area (Å²) in [5, 5.41) is 0. The molecule has 0 fully saturated rings. The lowest BCUT2D eigenvalue weighted by atomic mass is 10.6. The van der Waals surface area contributed by atoms with E-state index >= 15 is 0 Å². The third kappa shape index (κ3) is 3.44. The molecule has 0 aliphatic rings. The average molecular weight is 248 g/mol. The second-order valence-electron chi connectivity index (χ2n) is 3.29. The number of anilines is 2. The standard InChI is InChI=1S/C10H12N6O2/c11-7-3-13-9(14-4-7)17-1-2-18-10-15-5-8(12)6-16-10/h3-6H,1-2,11-12H2. The Bertz CT molecular complexity index is 439. The van der Waals surface area contributed by atoms with Crippen LogP contribution in [0.25, 0.3) is 0 Å². The molecule has 8 heteroatoms. The SMILES string of the molecule is Nc1cnc(OCCOc2ncc(N)cn2)nc1. The molecule has 0 aliphatic carbocycles. The van der Waals surface area contributed by atoms with Gasteiger partial charge in [-0.3, -0.25) is 0 Å². The molecule has 0 bridgehead atoms. The van der Waals surface area contributed by atoms with Gasteiger partial charge < -0.3 is 20.9 Å². The maximum Gasteiger partial charge on any atom is 0.316 e. The topological polar surface area (TPSA) is 122 Å². The summed E-state index contributed by atoms with van der Waals surface area (Å²) in [5.41, 5.74) is 11.8. The molecule has 2 rings (SSSR count). The minimum atomic E-state index is 0.242. The van der Waals surface area contributed by atoms with Gasteiger partial charge in [-0.15, -0.1) is 0 Å². The summed E-state index contributed by atoms with van der Waals surface area (Å²) in [6.07, 6.45) is 5.86. The molecular weight excluding hydrogens is 236 g/mol. The first-order chi connectivity index (χ1) is 8.74. The third-order valence-electron chi connectivity index (χ3n) is 1.84. The molecule has 2 heterocycles. The molecule has 8 nitrogen and oxygen atoms in total. The summed E-state index contributed by atoms with van der Waals surface area (Å²) < 4.78 is 10.4. The van der Waals surface area contributed by atoms with Crippen molar-refractivity contribution in [1.82, 2.24) is 19.9 Å². The van der Waals surface area contributed by atoms with Crippen LogP contribution in [0.1, 0.15) is 0 Å². The van der Waals surface area contributed by atoms with Gasteiger partial charge in [0.25, 0.3) is 0 Å². The molecule has 0 spiro atoms. The summed E-state index contributed by atoms with van der Waals surface area (Å²) in [4.78, 5) is 15.5. The van der Waals surface area contributed by atoms with E-state index in [0.29, 0.717) is 11.4 Å². The molecule has 0 saturated carbocycles. The molecule has 2 aromatic rings. The number of aromatic nitrogens is 4. The predicted molar refractivity (Wildman–Crippen MR) is 63.9 cm³/mol. The van der Waals surface area contributed by atoms with Crippen LogP contribution in [0, 0.1) is 0 Å². The molecule has 0 atom stereocenters. The number of nitrogen functional groups attached to an aromatic ring is 2. The largest absolute Gasteiger partial charge is 0.460 e. The fraction of sp³-hybridized carbons (Fsp3) is 0.200. The van der Waals surface area contributed by atoms with Gasteiger partial charge in [-0.2, -0.15) is 0 Å². The van der Waals surface area contributed by atoms with E-state index in [9.17, 15) is 0 Å². The molecule has 4 N–H and O–H groups in total. The third-order valence-corrected chi connectivity index (χ3v) is 1.84. The molecule has 0 aliphatic heterocycles. The highest BCUT2D eigenvalue weighted by molar-refractivity contribution is 5.31. The number of ether oxygens (including phenoxy) is 2. The molecule has 0 saturated heterocycles. The fourth-order valence-electron chi connectivity index (χ4n) is 1.07. The number of nitrogens with two attached hydrogens (primary N) is 2. The molecule has 0 radical (unpaired) electrons. The van der Waals surface area contributed by atoms with E-state index in [2.05, 4.69) is 19.9 Å². The van der Waals surface area contributed by atoms with Crippen LogP contribution < -0.4 is 20.9 Å². The van der Waals surface area contributed by atoms with Crippen LogP contribution in [0.2, 0.25) is 0 Å². The minimum absolute atomic E-state index is 0.242. The van der Waals surface area contributed by atoms with E-state index in [4.69, 9.17) is 20.9 Å². The Morgan fingerprint density at radius 3 is 1.39 bits per heavy atom. The molecule has 0 amide bonds. The molecule has 18 heavy (non-hydrogen) atoms. The lowest BCUT2D eigenvalue weighted by molar-refractivity contribution is 0.196. The van der Waals surface area contributed by atoms with Gasteiger partial charge in [0.2, 0.25) is 0 Å². The summed E-state index contributed by atoms with van der Waals surface area (Å²) in [6.45, 7) is 0.551. The van der Waals surface area contributed by atoms with Crippen molar-refractivity contribution < 1.29 is 9.47 Å². The molecule has 0 aromatic carbocycles. The predicted octanol–water partition coefficient (Wildman–Crippen LogP) is -0.111.